The van der Waals surface area contributed by atoms with Gasteiger partial charge in [0.2, 0.25) is 0 Å². The molecule has 132 valence electrons. The largest absolute Gasteiger partial charge is 0.145 e. The van der Waals surface area contributed by atoms with Gasteiger partial charge in [0.05, 0.1) is 0 Å². The highest BCUT2D eigenvalue weighted by molar-refractivity contribution is 9.09. The van der Waals surface area contributed by atoms with Crippen LogP contribution in [-0.2, 0) is 15.2 Å². The molecule has 0 atom stereocenters. The van der Waals surface area contributed by atoms with Gasteiger partial charge in [-0.3, -0.25) is 0 Å². The molecule has 0 unspecified atom stereocenters. The molecule has 0 N–H and O–H groups in total. The fourth-order valence-corrected chi connectivity index (χ4v) is 4.49. The third-order valence-electron chi connectivity index (χ3n) is 5.67. The topological polar surface area (TPSA) is 0 Å². The molecule has 0 fully saturated rings. The highest BCUT2D eigenvalue weighted by atomic mass is 79.9. The van der Waals surface area contributed by atoms with Crippen LogP contribution in [0.4, 0.5) is 0 Å². The molecule has 24 heavy (non-hydrogen) atoms. The first kappa shape index (κ1) is 19.7. The Morgan fingerprint density at radius 2 is 1.25 bits per heavy atom. The Kier molecular flexibility index (Phi) is 5.43. The van der Waals surface area contributed by atoms with Gasteiger partial charge in [-0.15, -0.1) is 11.3 Å². The molecule has 0 aliphatic heterocycles. The molecule has 0 spiro atoms. The highest BCUT2D eigenvalue weighted by Crippen LogP contribution is 2.47. The summed E-state index contributed by atoms with van der Waals surface area (Å²) in [6.07, 6.45) is 0. The van der Waals surface area contributed by atoms with E-state index >= 15 is 0 Å². The fourth-order valence-electron chi connectivity index (χ4n) is 2.95. The van der Waals surface area contributed by atoms with E-state index in [0.29, 0.717) is 5.92 Å². The van der Waals surface area contributed by atoms with Crippen molar-refractivity contribution in [2.75, 3.05) is 0 Å². The number of halogens is 1. The molecule has 0 nitrogen and oxygen atoms in total. The van der Waals surface area contributed by atoms with E-state index in [0.717, 1.165) is 0 Å². The van der Waals surface area contributed by atoms with E-state index in [9.17, 15) is 0 Å². The minimum Gasteiger partial charge on any atom is -0.145 e. The third kappa shape index (κ3) is 3.65. The Balaban J connectivity index is 2.39. The highest BCUT2D eigenvalue weighted by Gasteiger charge is 2.40. The average Bonchev–Trinajstić information content (AvgIpc) is 2.97. The van der Waals surface area contributed by atoms with Gasteiger partial charge in [-0.05, 0) is 48.4 Å². The summed E-state index contributed by atoms with van der Waals surface area (Å²) in [6, 6.07) is 13.8. The van der Waals surface area contributed by atoms with Crippen molar-refractivity contribution < 1.29 is 0 Å². The first-order valence-electron chi connectivity index (χ1n) is 8.77. The maximum atomic E-state index is 3.76. The van der Waals surface area contributed by atoms with E-state index in [1.54, 1.807) is 0 Å². The van der Waals surface area contributed by atoms with Crippen LogP contribution in [0, 0.1) is 0 Å². The first-order valence-corrected chi connectivity index (χ1v) is 10.4. The average molecular weight is 407 g/mol. The summed E-state index contributed by atoms with van der Waals surface area (Å²) in [7, 11) is 0. The summed E-state index contributed by atoms with van der Waals surface area (Å²) in [5.74, 6) is 0.600. The zero-order chi connectivity index (χ0) is 18.3. The van der Waals surface area contributed by atoms with Gasteiger partial charge >= 0.3 is 0 Å². The number of alkyl halides is 1. The van der Waals surface area contributed by atoms with Crippen molar-refractivity contribution in [3.05, 3.63) is 57.3 Å². The van der Waals surface area contributed by atoms with Crippen LogP contribution in [0.3, 0.4) is 0 Å². The second kappa shape index (κ2) is 6.61. The third-order valence-corrected chi connectivity index (χ3v) is 7.83. The minimum atomic E-state index is 0.0190. The van der Waals surface area contributed by atoms with E-state index in [1.807, 2.05) is 11.3 Å². The zero-order valence-corrected chi connectivity index (χ0v) is 18.7. The molecule has 0 aliphatic carbocycles. The Morgan fingerprint density at radius 3 is 1.67 bits per heavy atom. The molecule has 2 rings (SSSR count). The fraction of sp³-hybridized carbons (Fsp3) is 0.545. The molecule has 0 saturated heterocycles. The monoisotopic (exact) mass is 406 g/mol. The van der Waals surface area contributed by atoms with Crippen LogP contribution in [0.5, 0.6) is 0 Å². The summed E-state index contributed by atoms with van der Waals surface area (Å²) >= 11 is 5.73. The lowest BCUT2D eigenvalue weighted by molar-refractivity contribution is 0.308. The van der Waals surface area contributed by atoms with Crippen molar-refractivity contribution in [2.45, 2.75) is 76.5 Å². The molecule has 0 bridgehead atoms. The van der Waals surface area contributed by atoms with Crippen molar-refractivity contribution in [1.82, 2.24) is 0 Å². The van der Waals surface area contributed by atoms with Crippen molar-refractivity contribution in [3.63, 3.8) is 0 Å². The minimum absolute atomic E-state index is 0.0190. The number of rotatable bonds is 5. The molecule has 1 heterocycles. The van der Waals surface area contributed by atoms with Gasteiger partial charge in [0.25, 0.3) is 0 Å². The van der Waals surface area contributed by atoms with E-state index in [1.165, 1.54) is 20.9 Å². The molecular formula is C22H31BrS. The van der Waals surface area contributed by atoms with Crippen molar-refractivity contribution in [1.29, 1.82) is 0 Å². The maximum absolute atomic E-state index is 3.76. The molecule has 0 amide bonds. The number of hydrogen-bond donors (Lipinski definition) is 0. The second-order valence-electron chi connectivity index (χ2n) is 8.66. The Bertz CT molecular complexity index is 682. The van der Waals surface area contributed by atoms with Crippen LogP contribution >= 0.6 is 27.3 Å². The Hall–Kier alpha value is -0.600. The van der Waals surface area contributed by atoms with Crippen molar-refractivity contribution in [2.24, 2.45) is 0 Å². The normalized spacial score (nSPS) is 13.6. The van der Waals surface area contributed by atoms with Crippen LogP contribution in [0.15, 0.2) is 36.4 Å². The predicted octanol–water partition coefficient (Wildman–Crippen LogP) is 7.76. The summed E-state index contributed by atoms with van der Waals surface area (Å²) in [5, 5.41) is 0. The number of thiophene rings is 1. The summed E-state index contributed by atoms with van der Waals surface area (Å²) in [5.41, 5.74) is 2.85. The van der Waals surface area contributed by atoms with Crippen LogP contribution in [-0.4, -0.2) is 0 Å². The molecule has 2 aromatic rings. The SMILES string of the molecule is CC(C)c1ccc(C(C)(C)C(C)(C)c2ccc(C(C)(C)Br)cc2)s1. The summed E-state index contributed by atoms with van der Waals surface area (Å²) in [6.45, 7) is 18.4. The summed E-state index contributed by atoms with van der Waals surface area (Å²) < 4.78 is 0.0190. The second-order valence-corrected chi connectivity index (χ2v) is 11.8. The maximum Gasteiger partial charge on any atom is 0.0449 e. The predicted molar refractivity (Wildman–Crippen MR) is 113 cm³/mol. The molecule has 0 radical (unpaired) electrons. The van der Waals surface area contributed by atoms with E-state index in [-0.39, 0.29) is 15.2 Å². The van der Waals surface area contributed by atoms with Gasteiger partial charge in [0.1, 0.15) is 0 Å². The van der Waals surface area contributed by atoms with Gasteiger partial charge in [-0.2, -0.15) is 0 Å². The van der Waals surface area contributed by atoms with Crippen LogP contribution in [0.1, 0.15) is 82.2 Å². The standard InChI is InChI=1S/C22H31BrS/c1-15(2)18-13-14-19(24-18)21(5,6)20(3,4)16-9-11-17(12-10-16)22(7,8)23/h9-15H,1-8H3. The lowest BCUT2D eigenvalue weighted by atomic mass is 9.63. The zero-order valence-electron chi connectivity index (χ0n) is 16.3. The summed E-state index contributed by atoms with van der Waals surface area (Å²) in [4.78, 5) is 2.95. The van der Waals surface area contributed by atoms with Crippen molar-refractivity contribution in [3.8, 4) is 0 Å². The van der Waals surface area contributed by atoms with Crippen molar-refractivity contribution >= 4 is 27.3 Å². The van der Waals surface area contributed by atoms with E-state index < -0.39 is 0 Å². The Labute approximate surface area is 160 Å². The smallest absolute Gasteiger partial charge is 0.0449 e. The van der Waals surface area contributed by atoms with Gasteiger partial charge in [-0.1, -0.05) is 81.7 Å². The van der Waals surface area contributed by atoms with Crippen LogP contribution in [0.2, 0.25) is 0 Å². The Morgan fingerprint density at radius 1 is 0.750 bits per heavy atom. The van der Waals surface area contributed by atoms with E-state index in [4.69, 9.17) is 0 Å². The molecule has 2 heteroatoms. The molecule has 0 saturated carbocycles. The van der Waals surface area contributed by atoms with Gasteiger partial charge in [0, 0.05) is 19.5 Å². The molecule has 1 aromatic heterocycles. The lowest BCUT2D eigenvalue weighted by Gasteiger charge is -2.42. The first-order chi connectivity index (χ1) is 10.9. The lowest BCUT2D eigenvalue weighted by Crippen LogP contribution is -2.39. The van der Waals surface area contributed by atoms with Gasteiger partial charge in [0.15, 0.2) is 0 Å². The molecule has 1 aromatic carbocycles. The molecule has 0 aliphatic rings. The number of hydrogen-bond acceptors (Lipinski definition) is 1. The van der Waals surface area contributed by atoms with Gasteiger partial charge < -0.3 is 0 Å². The van der Waals surface area contributed by atoms with Crippen LogP contribution < -0.4 is 0 Å². The van der Waals surface area contributed by atoms with Crippen LogP contribution in [0.25, 0.3) is 0 Å². The van der Waals surface area contributed by atoms with E-state index in [2.05, 4.69) is 108 Å². The quantitative estimate of drug-likeness (QED) is 0.444. The number of benzene rings is 1. The molecular weight excluding hydrogens is 376 g/mol. The van der Waals surface area contributed by atoms with Gasteiger partial charge in [-0.25, -0.2) is 0 Å².